The highest BCUT2D eigenvalue weighted by atomic mass is 19.4. The Morgan fingerprint density at radius 2 is 2.05 bits per heavy atom. The van der Waals surface area contributed by atoms with Crippen molar-refractivity contribution >= 4 is 11.8 Å². The number of nitrogens with one attached hydrogen (secondary N) is 1. The fraction of sp³-hybridized carbons (Fsp3) is 0.667. The van der Waals surface area contributed by atoms with Crippen LogP contribution in [0.25, 0.3) is 0 Å². The molecule has 0 bridgehead atoms. The molecular weight excluding hydrogens is 257 g/mol. The molecule has 1 heterocycles. The van der Waals surface area contributed by atoms with Gasteiger partial charge in [0.15, 0.2) is 5.69 Å². The quantitative estimate of drug-likeness (QED) is 0.896. The highest BCUT2D eigenvalue weighted by molar-refractivity contribution is 5.45. The van der Waals surface area contributed by atoms with Crippen molar-refractivity contribution in [2.75, 3.05) is 30.4 Å². The molecular formula is C12H17F3N4. The molecule has 0 spiro atoms. The molecule has 1 aromatic rings. The zero-order valence-electron chi connectivity index (χ0n) is 11.0. The van der Waals surface area contributed by atoms with E-state index >= 15 is 0 Å². The fourth-order valence-electron chi connectivity index (χ4n) is 1.79. The van der Waals surface area contributed by atoms with Crippen LogP contribution in [0.2, 0.25) is 0 Å². The smallest absolute Gasteiger partial charge is 0.359 e. The lowest BCUT2D eigenvalue weighted by Gasteiger charge is -2.20. The van der Waals surface area contributed by atoms with Crippen LogP contribution < -0.4 is 10.2 Å². The van der Waals surface area contributed by atoms with Gasteiger partial charge >= 0.3 is 6.18 Å². The summed E-state index contributed by atoms with van der Waals surface area (Å²) in [6.45, 7) is 3.00. The summed E-state index contributed by atoms with van der Waals surface area (Å²) in [5.74, 6) is 0.914. The van der Waals surface area contributed by atoms with E-state index in [1.54, 1.807) is 18.9 Å². The summed E-state index contributed by atoms with van der Waals surface area (Å²) in [7, 11) is 1.76. The zero-order chi connectivity index (χ0) is 14.0. The molecule has 19 heavy (non-hydrogen) atoms. The summed E-state index contributed by atoms with van der Waals surface area (Å²) < 4.78 is 38.4. The van der Waals surface area contributed by atoms with Crippen molar-refractivity contribution in [1.29, 1.82) is 0 Å². The second-order valence-corrected chi connectivity index (χ2v) is 4.79. The Balaban J connectivity index is 2.27. The average molecular weight is 274 g/mol. The van der Waals surface area contributed by atoms with E-state index in [9.17, 15) is 13.2 Å². The van der Waals surface area contributed by atoms with Gasteiger partial charge in [0.05, 0.1) is 0 Å². The first kappa shape index (κ1) is 13.9. The molecule has 0 saturated heterocycles. The highest BCUT2D eigenvalue weighted by Crippen LogP contribution is 2.33. The van der Waals surface area contributed by atoms with Crippen LogP contribution in [0.3, 0.4) is 0 Å². The lowest BCUT2D eigenvalue weighted by atomic mass is 10.3. The van der Waals surface area contributed by atoms with Crippen LogP contribution in [-0.2, 0) is 6.18 Å². The average Bonchev–Trinajstić information content (AvgIpc) is 3.12. The first-order chi connectivity index (χ1) is 8.90. The SMILES string of the molecule is CCNc1nc(N(C)CC2CC2)cc(C(F)(F)F)n1. The van der Waals surface area contributed by atoms with E-state index in [1.807, 2.05) is 0 Å². The third kappa shape index (κ3) is 3.71. The monoisotopic (exact) mass is 274 g/mol. The van der Waals surface area contributed by atoms with Gasteiger partial charge in [-0.05, 0) is 25.7 Å². The molecule has 0 atom stereocenters. The van der Waals surface area contributed by atoms with Crippen LogP contribution >= 0.6 is 0 Å². The Hall–Kier alpha value is -1.53. The van der Waals surface area contributed by atoms with E-state index < -0.39 is 11.9 Å². The van der Waals surface area contributed by atoms with Gasteiger partial charge in [-0.2, -0.15) is 18.2 Å². The molecule has 0 aromatic carbocycles. The van der Waals surface area contributed by atoms with Gasteiger partial charge in [-0.25, -0.2) is 4.98 Å². The second-order valence-electron chi connectivity index (χ2n) is 4.79. The lowest BCUT2D eigenvalue weighted by Crippen LogP contribution is -2.23. The molecule has 1 aliphatic rings. The van der Waals surface area contributed by atoms with E-state index in [2.05, 4.69) is 15.3 Å². The minimum atomic E-state index is -4.46. The number of hydrogen-bond acceptors (Lipinski definition) is 4. The highest BCUT2D eigenvalue weighted by Gasteiger charge is 2.34. The van der Waals surface area contributed by atoms with Crippen molar-refractivity contribution in [3.8, 4) is 0 Å². The van der Waals surface area contributed by atoms with Crippen LogP contribution in [-0.4, -0.2) is 30.1 Å². The minimum absolute atomic E-state index is 0.0231. The number of rotatable bonds is 5. The topological polar surface area (TPSA) is 41.1 Å². The maximum Gasteiger partial charge on any atom is 0.433 e. The molecule has 1 N–H and O–H groups in total. The molecule has 0 radical (unpaired) electrons. The van der Waals surface area contributed by atoms with Gasteiger partial charge in [-0.1, -0.05) is 0 Å². The molecule has 1 fully saturated rings. The van der Waals surface area contributed by atoms with E-state index in [0.717, 1.165) is 25.5 Å². The van der Waals surface area contributed by atoms with E-state index in [1.165, 1.54) is 0 Å². The predicted octanol–water partition coefficient (Wildman–Crippen LogP) is 2.77. The maximum absolute atomic E-state index is 12.8. The van der Waals surface area contributed by atoms with E-state index in [4.69, 9.17) is 0 Å². The van der Waals surface area contributed by atoms with Crippen LogP contribution in [0.4, 0.5) is 24.9 Å². The number of hydrogen-bond donors (Lipinski definition) is 1. The van der Waals surface area contributed by atoms with Gasteiger partial charge in [-0.3, -0.25) is 0 Å². The van der Waals surface area contributed by atoms with Crippen molar-refractivity contribution in [2.45, 2.75) is 25.9 Å². The summed E-state index contributed by atoms with van der Waals surface area (Å²) in [4.78, 5) is 9.38. The Kier molecular flexibility index (Phi) is 3.82. The van der Waals surface area contributed by atoms with Crippen LogP contribution in [0.5, 0.6) is 0 Å². The van der Waals surface area contributed by atoms with Crippen LogP contribution in [0.1, 0.15) is 25.5 Å². The normalized spacial score (nSPS) is 15.4. The second kappa shape index (κ2) is 5.22. The van der Waals surface area contributed by atoms with E-state index in [0.29, 0.717) is 18.3 Å². The van der Waals surface area contributed by atoms with Gasteiger partial charge in [0.25, 0.3) is 0 Å². The molecule has 1 aliphatic carbocycles. The molecule has 0 aliphatic heterocycles. The molecule has 1 saturated carbocycles. The van der Waals surface area contributed by atoms with Gasteiger partial charge < -0.3 is 10.2 Å². The molecule has 2 rings (SSSR count). The minimum Gasteiger partial charge on any atom is -0.359 e. The molecule has 1 aromatic heterocycles. The Labute approximate surface area is 110 Å². The molecule has 106 valence electrons. The van der Waals surface area contributed by atoms with Gasteiger partial charge in [0.2, 0.25) is 5.95 Å². The molecule has 4 nitrogen and oxygen atoms in total. The van der Waals surface area contributed by atoms with E-state index in [-0.39, 0.29) is 5.95 Å². The largest absolute Gasteiger partial charge is 0.433 e. The fourth-order valence-corrected chi connectivity index (χ4v) is 1.79. The summed E-state index contributed by atoms with van der Waals surface area (Å²) in [6.07, 6.45) is -2.18. The first-order valence-corrected chi connectivity index (χ1v) is 6.31. The lowest BCUT2D eigenvalue weighted by molar-refractivity contribution is -0.141. The van der Waals surface area contributed by atoms with Crippen LogP contribution in [0, 0.1) is 5.92 Å². The van der Waals surface area contributed by atoms with Crippen LogP contribution in [0.15, 0.2) is 6.07 Å². The Morgan fingerprint density at radius 1 is 1.37 bits per heavy atom. The summed E-state index contributed by atoms with van der Waals surface area (Å²) >= 11 is 0. The molecule has 7 heteroatoms. The molecule has 0 amide bonds. The summed E-state index contributed by atoms with van der Waals surface area (Å²) in [5, 5.41) is 2.74. The first-order valence-electron chi connectivity index (χ1n) is 6.31. The molecule has 0 unspecified atom stereocenters. The van der Waals surface area contributed by atoms with Gasteiger partial charge in [0.1, 0.15) is 5.82 Å². The predicted molar refractivity (Wildman–Crippen MR) is 67.2 cm³/mol. The Bertz CT molecular complexity index is 443. The third-order valence-corrected chi connectivity index (χ3v) is 2.96. The van der Waals surface area contributed by atoms with Crippen molar-refractivity contribution in [3.63, 3.8) is 0 Å². The number of alkyl halides is 3. The van der Waals surface area contributed by atoms with Gasteiger partial charge in [-0.15, -0.1) is 0 Å². The zero-order valence-corrected chi connectivity index (χ0v) is 11.0. The number of aromatic nitrogens is 2. The van der Waals surface area contributed by atoms with Gasteiger partial charge in [0, 0.05) is 26.2 Å². The van der Waals surface area contributed by atoms with Crippen molar-refractivity contribution in [1.82, 2.24) is 9.97 Å². The van der Waals surface area contributed by atoms with Crippen molar-refractivity contribution in [3.05, 3.63) is 11.8 Å². The Morgan fingerprint density at radius 3 is 2.58 bits per heavy atom. The summed E-state index contributed by atoms with van der Waals surface area (Å²) in [5.41, 5.74) is -0.906. The third-order valence-electron chi connectivity index (χ3n) is 2.96. The number of anilines is 2. The summed E-state index contributed by atoms with van der Waals surface area (Å²) in [6, 6.07) is 1.00. The van der Waals surface area contributed by atoms with Crippen molar-refractivity contribution < 1.29 is 13.2 Å². The van der Waals surface area contributed by atoms with Crippen molar-refractivity contribution in [2.24, 2.45) is 5.92 Å². The standard InChI is InChI=1S/C12H17F3N4/c1-3-16-11-17-9(12(13,14)15)6-10(18-11)19(2)7-8-4-5-8/h6,8H,3-5,7H2,1-2H3,(H,16,17,18). The number of halogens is 3. The maximum atomic E-state index is 12.8. The number of nitrogens with zero attached hydrogens (tertiary/aromatic N) is 3.